The zero-order chi connectivity index (χ0) is 21.1. The van der Waals surface area contributed by atoms with Gasteiger partial charge in [-0.1, -0.05) is 36.9 Å². The first-order valence-electron chi connectivity index (χ1n) is 10.2. The fourth-order valence-electron chi connectivity index (χ4n) is 3.97. The Morgan fingerprint density at radius 3 is 2.47 bits per heavy atom. The van der Waals surface area contributed by atoms with E-state index in [9.17, 15) is 14.4 Å². The van der Waals surface area contributed by atoms with E-state index in [0.29, 0.717) is 10.7 Å². The van der Waals surface area contributed by atoms with Crippen LogP contribution >= 0.6 is 23.4 Å². The van der Waals surface area contributed by atoms with Gasteiger partial charge >= 0.3 is 0 Å². The Morgan fingerprint density at radius 1 is 1.03 bits per heavy atom. The summed E-state index contributed by atoms with van der Waals surface area (Å²) in [5, 5.41) is 3.00. The highest BCUT2D eigenvalue weighted by molar-refractivity contribution is 8.00. The van der Waals surface area contributed by atoms with Crippen LogP contribution < -0.4 is 10.2 Å². The molecule has 4 rings (SSSR count). The van der Waals surface area contributed by atoms with E-state index in [0.717, 1.165) is 36.3 Å². The summed E-state index contributed by atoms with van der Waals surface area (Å²) in [6, 6.07) is 14.2. The number of halogens is 1. The Labute approximate surface area is 185 Å². The van der Waals surface area contributed by atoms with E-state index in [1.54, 1.807) is 24.3 Å². The smallest absolute Gasteiger partial charge is 0.247 e. The summed E-state index contributed by atoms with van der Waals surface area (Å²) in [5.41, 5.74) is 1.26. The van der Waals surface area contributed by atoms with Gasteiger partial charge in [0, 0.05) is 27.9 Å². The average molecular weight is 443 g/mol. The van der Waals surface area contributed by atoms with E-state index in [4.69, 9.17) is 11.6 Å². The van der Waals surface area contributed by atoms with Crippen LogP contribution in [0.25, 0.3) is 0 Å². The van der Waals surface area contributed by atoms with Crippen molar-refractivity contribution in [1.82, 2.24) is 0 Å². The molecule has 0 spiro atoms. The minimum atomic E-state index is -0.473. The van der Waals surface area contributed by atoms with Crippen molar-refractivity contribution in [3.63, 3.8) is 0 Å². The Kier molecular flexibility index (Phi) is 6.44. The van der Waals surface area contributed by atoms with Gasteiger partial charge in [0.2, 0.25) is 17.7 Å². The second-order valence-electron chi connectivity index (χ2n) is 7.71. The van der Waals surface area contributed by atoms with Crippen molar-refractivity contribution in [2.75, 3.05) is 10.2 Å². The standard InChI is InChI=1S/C23H23ClN2O3S/c24-16-7-4-8-18(13-16)26-21(27)14-20(23(26)29)30-19-11-9-17(10-12-19)25-22(28)15-5-2-1-3-6-15/h4,7-13,15,20H,1-3,5-6,14H2,(H,25,28)/t20-/m1/s1. The quantitative estimate of drug-likeness (QED) is 0.639. The first kappa shape index (κ1) is 20.9. The van der Waals surface area contributed by atoms with E-state index in [-0.39, 0.29) is 30.1 Å². The van der Waals surface area contributed by atoms with Crippen LogP contribution in [0.2, 0.25) is 5.02 Å². The number of hydrogen-bond acceptors (Lipinski definition) is 4. The molecule has 1 aliphatic heterocycles. The number of nitrogens with one attached hydrogen (secondary N) is 1. The lowest BCUT2D eigenvalue weighted by atomic mass is 9.88. The summed E-state index contributed by atoms with van der Waals surface area (Å²) in [6.07, 6.45) is 5.52. The molecule has 30 heavy (non-hydrogen) atoms. The van der Waals surface area contributed by atoms with Gasteiger partial charge in [-0.15, -0.1) is 11.8 Å². The van der Waals surface area contributed by atoms with Gasteiger partial charge in [-0.05, 0) is 55.3 Å². The Morgan fingerprint density at radius 2 is 1.77 bits per heavy atom. The van der Waals surface area contributed by atoms with E-state index in [1.165, 1.54) is 23.1 Å². The van der Waals surface area contributed by atoms with E-state index in [1.807, 2.05) is 24.3 Å². The third kappa shape index (κ3) is 4.71. The van der Waals surface area contributed by atoms with Gasteiger partial charge in [-0.25, -0.2) is 4.90 Å². The Balaban J connectivity index is 1.38. The molecule has 2 aliphatic rings. The van der Waals surface area contributed by atoms with Crippen molar-refractivity contribution in [3.05, 3.63) is 53.6 Å². The molecular formula is C23H23ClN2O3S. The molecule has 3 amide bonds. The number of anilines is 2. The lowest BCUT2D eigenvalue weighted by Crippen LogP contribution is -2.31. The summed E-state index contributed by atoms with van der Waals surface area (Å²) in [4.78, 5) is 39.7. The highest BCUT2D eigenvalue weighted by Crippen LogP contribution is 2.35. The predicted molar refractivity (Wildman–Crippen MR) is 120 cm³/mol. The van der Waals surface area contributed by atoms with Crippen LogP contribution in [0.4, 0.5) is 11.4 Å². The second-order valence-corrected chi connectivity index (χ2v) is 9.42. The number of thioether (sulfide) groups is 1. The number of carbonyl (C=O) groups is 3. The van der Waals surface area contributed by atoms with Crippen molar-refractivity contribution in [2.45, 2.75) is 48.7 Å². The third-order valence-corrected chi connectivity index (χ3v) is 6.98. The van der Waals surface area contributed by atoms with Crippen LogP contribution in [0, 0.1) is 5.92 Å². The molecule has 1 saturated carbocycles. The molecule has 1 aliphatic carbocycles. The van der Waals surface area contributed by atoms with Crippen LogP contribution in [-0.4, -0.2) is 23.0 Å². The highest BCUT2D eigenvalue weighted by atomic mass is 35.5. The fraction of sp³-hybridized carbons (Fsp3) is 0.348. The molecule has 1 N–H and O–H groups in total. The molecule has 0 bridgehead atoms. The van der Waals surface area contributed by atoms with Crippen LogP contribution in [0.5, 0.6) is 0 Å². The van der Waals surface area contributed by atoms with Gasteiger partial charge in [0.05, 0.1) is 10.9 Å². The number of rotatable bonds is 5. The number of carbonyl (C=O) groups excluding carboxylic acids is 3. The number of amides is 3. The summed E-state index contributed by atoms with van der Waals surface area (Å²) < 4.78 is 0. The first-order valence-corrected chi connectivity index (χ1v) is 11.5. The van der Waals surface area contributed by atoms with Crippen LogP contribution in [0.1, 0.15) is 38.5 Å². The molecule has 1 heterocycles. The van der Waals surface area contributed by atoms with E-state index >= 15 is 0 Å². The normalized spacial score (nSPS) is 19.9. The summed E-state index contributed by atoms with van der Waals surface area (Å²) in [5.74, 6) is -0.269. The Hall–Kier alpha value is -2.31. The zero-order valence-corrected chi connectivity index (χ0v) is 18.0. The van der Waals surface area contributed by atoms with Gasteiger partial charge < -0.3 is 5.32 Å². The van der Waals surface area contributed by atoms with Gasteiger partial charge in [0.25, 0.3) is 0 Å². The van der Waals surface area contributed by atoms with Crippen LogP contribution in [0.3, 0.4) is 0 Å². The van der Waals surface area contributed by atoms with Crippen molar-refractivity contribution in [3.8, 4) is 0 Å². The minimum absolute atomic E-state index is 0.0869. The first-order chi connectivity index (χ1) is 14.5. The highest BCUT2D eigenvalue weighted by Gasteiger charge is 2.40. The molecule has 1 saturated heterocycles. The van der Waals surface area contributed by atoms with Crippen LogP contribution in [0.15, 0.2) is 53.4 Å². The minimum Gasteiger partial charge on any atom is -0.326 e. The van der Waals surface area contributed by atoms with Crippen molar-refractivity contribution in [2.24, 2.45) is 5.92 Å². The van der Waals surface area contributed by atoms with Crippen molar-refractivity contribution < 1.29 is 14.4 Å². The lowest BCUT2D eigenvalue weighted by Gasteiger charge is -2.20. The number of hydrogen-bond donors (Lipinski definition) is 1. The summed E-state index contributed by atoms with van der Waals surface area (Å²) >= 11 is 7.36. The number of imide groups is 1. The average Bonchev–Trinajstić information content (AvgIpc) is 3.03. The molecule has 156 valence electrons. The van der Waals surface area contributed by atoms with E-state index in [2.05, 4.69) is 5.32 Å². The maximum absolute atomic E-state index is 12.8. The lowest BCUT2D eigenvalue weighted by molar-refractivity contribution is -0.122. The fourth-order valence-corrected chi connectivity index (χ4v) is 5.21. The van der Waals surface area contributed by atoms with Gasteiger partial charge in [0.15, 0.2) is 0 Å². The van der Waals surface area contributed by atoms with Crippen molar-refractivity contribution in [1.29, 1.82) is 0 Å². The van der Waals surface area contributed by atoms with E-state index < -0.39 is 5.25 Å². The van der Waals surface area contributed by atoms with Crippen LogP contribution in [-0.2, 0) is 14.4 Å². The monoisotopic (exact) mass is 442 g/mol. The molecule has 1 atom stereocenters. The zero-order valence-electron chi connectivity index (χ0n) is 16.5. The van der Waals surface area contributed by atoms with Crippen molar-refractivity contribution >= 4 is 52.5 Å². The Bertz CT molecular complexity index is 957. The maximum atomic E-state index is 12.8. The molecule has 0 aromatic heterocycles. The molecular weight excluding hydrogens is 420 g/mol. The topological polar surface area (TPSA) is 66.5 Å². The predicted octanol–water partition coefficient (Wildman–Crippen LogP) is 5.28. The SMILES string of the molecule is O=C(Nc1ccc(S[C@@H]2CC(=O)N(c3cccc(Cl)c3)C2=O)cc1)C1CCCCC1. The van der Waals surface area contributed by atoms with Gasteiger partial charge in [-0.2, -0.15) is 0 Å². The summed E-state index contributed by atoms with van der Waals surface area (Å²) in [7, 11) is 0. The molecule has 5 nitrogen and oxygen atoms in total. The largest absolute Gasteiger partial charge is 0.326 e. The second kappa shape index (κ2) is 9.23. The number of benzene rings is 2. The number of nitrogens with zero attached hydrogens (tertiary/aromatic N) is 1. The van der Waals surface area contributed by atoms with Gasteiger partial charge in [-0.3, -0.25) is 14.4 Å². The molecule has 0 radical (unpaired) electrons. The summed E-state index contributed by atoms with van der Waals surface area (Å²) in [6.45, 7) is 0. The molecule has 2 aromatic rings. The molecule has 2 fully saturated rings. The molecule has 7 heteroatoms. The molecule has 2 aromatic carbocycles. The molecule has 0 unspecified atom stereocenters. The third-order valence-electron chi connectivity index (χ3n) is 5.55. The van der Waals surface area contributed by atoms with Gasteiger partial charge in [0.1, 0.15) is 0 Å². The maximum Gasteiger partial charge on any atom is 0.247 e.